The molecule has 100 valence electrons. The number of nitro groups is 1. The third-order valence-electron chi connectivity index (χ3n) is 2.66. The summed E-state index contributed by atoms with van der Waals surface area (Å²) in [4.78, 5) is 10.2. The van der Waals surface area contributed by atoms with Crippen molar-refractivity contribution in [3.8, 4) is 5.75 Å². The molecule has 2 rings (SSSR count). The number of hydrogen-bond acceptors (Lipinski definition) is 4. The number of aromatic nitrogens is 2. The van der Waals surface area contributed by atoms with Crippen molar-refractivity contribution in [2.45, 2.75) is 6.42 Å². The third-order valence-corrected chi connectivity index (χ3v) is 2.98. The van der Waals surface area contributed by atoms with E-state index in [9.17, 15) is 10.1 Å². The molecular weight excluding hydrogens is 270 g/mol. The fourth-order valence-corrected chi connectivity index (χ4v) is 1.80. The zero-order chi connectivity index (χ0) is 13.8. The summed E-state index contributed by atoms with van der Waals surface area (Å²) in [6.07, 6.45) is 2.35. The number of ether oxygens (including phenoxy) is 1. The van der Waals surface area contributed by atoms with Crippen LogP contribution in [0.25, 0.3) is 0 Å². The number of halogens is 1. The number of nitrogens with zero attached hydrogens (tertiary/aromatic N) is 3. The SMILES string of the molecule is Cn1nccc1CCOc1cc([N+](=O)[O-])ccc1Cl. The van der Waals surface area contributed by atoms with E-state index < -0.39 is 4.92 Å². The standard InChI is InChI=1S/C12H12ClN3O3/c1-15-9(4-6-14-15)5-7-19-12-8-10(16(17)18)2-3-11(12)13/h2-4,6,8H,5,7H2,1H3. The Labute approximate surface area is 114 Å². The van der Waals surface area contributed by atoms with Crippen LogP contribution in [0.3, 0.4) is 0 Å². The number of rotatable bonds is 5. The first-order valence-electron chi connectivity index (χ1n) is 5.61. The van der Waals surface area contributed by atoms with Crippen molar-refractivity contribution < 1.29 is 9.66 Å². The molecule has 0 aliphatic carbocycles. The van der Waals surface area contributed by atoms with Gasteiger partial charge in [0.25, 0.3) is 5.69 Å². The Morgan fingerprint density at radius 2 is 2.26 bits per heavy atom. The summed E-state index contributed by atoms with van der Waals surface area (Å²) in [6.45, 7) is 0.375. The second-order valence-electron chi connectivity index (χ2n) is 3.92. The van der Waals surface area contributed by atoms with Gasteiger partial charge in [-0.05, 0) is 12.1 Å². The van der Waals surface area contributed by atoms with E-state index >= 15 is 0 Å². The predicted octanol–water partition coefficient (Wildman–Crippen LogP) is 2.60. The molecule has 0 unspecified atom stereocenters. The fourth-order valence-electron chi connectivity index (χ4n) is 1.63. The van der Waals surface area contributed by atoms with Crippen molar-refractivity contribution >= 4 is 17.3 Å². The monoisotopic (exact) mass is 281 g/mol. The maximum Gasteiger partial charge on any atom is 0.273 e. The van der Waals surface area contributed by atoms with Gasteiger partial charge in [-0.2, -0.15) is 5.10 Å². The highest BCUT2D eigenvalue weighted by Crippen LogP contribution is 2.28. The van der Waals surface area contributed by atoms with Crippen molar-refractivity contribution in [3.05, 3.63) is 51.3 Å². The number of nitro benzene ring substituents is 1. The van der Waals surface area contributed by atoms with Gasteiger partial charge >= 0.3 is 0 Å². The van der Waals surface area contributed by atoms with Gasteiger partial charge in [0.15, 0.2) is 0 Å². The largest absolute Gasteiger partial charge is 0.491 e. The highest BCUT2D eigenvalue weighted by molar-refractivity contribution is 6.32. The second kappa shape index (κ2) is 5.71. The van der Waals surface area contributed by atoms with E-state index in [-0.39, 0.29) is 5.69 Å². The van der Waals surface area contributed by atoms with E-state index in [1.54, 1.807) is 10.9 Å². The van der Waals surface area contributed by atoms with Crippen LogP contribution in [0.1, 0.15) is 5.69 Å². The Morgan fingerprint density at radius 3 is 2.89 bits per heavy atom. The van der Waals surface area contributed by atoms with Gasteiger partial charge in [0.1, 0.15) is 5.75 Å². The lowest BCUT2D eigenvalue weighted by molar-refractivity contribution is -0.384. The van der Waals surface area contributed by atoms with Crippen LogP contribution in [0.4, 0.5) is 5.69 Å². The minimum Gasteiger partial charge on any atom is -0.491 e. The minimum absolute atomic E-state index is 0.0417. The molecule has 0 fully saturated rings. The first-order chi connectivity index (χ1) is 9.08. The first-order valence-corrected chi connectivity index (χ1v) is 5.99. The lowest BCUT2D eigenvalue weighted by atomic mass is 10.3. The Bertz CT molecular complexity index is 598. The molecule has 1 heterocycles. The molecule has 0 aliphatic heterocycles. The summed E-state index contributed by atoms with van der Waals surface area (Å²) in [5.41, 5.74) is 0.974. The van der Waals surface area contributed by atoms with Crippen molar-refractivity contribution in [2.75, 3.05) is 6.61 Å². The molecule has 0 spiro atoms. The maximum absolute atomic E-state index is 10.7. The highest BCUT2D eigenvalue weighted by Gasteiger charge is 2.10. The molecule has 0 amide bonds. The number of benzene rings is 1. The van der Waals surface area contributed by atoms with Crippen LogP contribution < -0.4 is 4.74 Å². The van der Waals surface area contributed by atoms with Gasteiger partial charge in [0.2, 0.25) is 0 Å². The van der Waals surface area contributed by atoms with Crippen LogP contribution in [-0.4, -0.2) is 21.3 Å². The Kier molecular flexibility index (Phi) is 4.01. The minimum atomic E-state index is -0.482. The van der Waals surface area contributed by atoms with Gasteiger partial charge in [-0.15, -0.1) is 0 Å². The molecule has 2 aromatic rings. The summed E-state index contributed by atoms with van der Waals surface area (Å²) < 4.78 is 7.23. The molecule has 7 heteroatoms. The average molecular weight is 282 g/mol. The number of non-ortho nitro benzene ring substituents is 1. The zero-order valence-corrected chi connectivity index (χ0v) is 11.0. The van der Waals surface area contributed by atoms with Crippen molar-refractivity contribution in [1.82, 2.24) is 9.78 Å². The molecule has 1 aromatic carbocycles. The lowest BCUT2D eigenvalue weighted by Gasteiger charge is -2.08. The van der Waals surface area contributed by atoms with Crippen molar-refractivity contribution in [2.24, 2.45) is 7.05 Å². The molecule has 0 radical (unpaired) electrons. The van der Waals surface area contributed by atoms with E-state index in [1.165, 1.54) is 18.2 Å². The van der Waals surface area contributed by atoms with Gasteiger partial charge in [0, 0.05) is 31.4 Å². The quantitative estimate of drug-likeness (QED) is 0.624. The molecule has 0 saturated carbocycles. The van der Waals surface area contributed by atoms with Crippen LogP contribution >= 0.6 is 11.6 Å². The summed E-state index contributed by atoms with van der Waals surface area (Å²) in [5, 5.41) is 15.1. The molecule has 1 aromatic heterocycles. The van der Waals surface area contributed by atoms with Crippen molar-refractivity contribution in [1.29, 1.82) is 0 Å². The van der Waals surface area contributed by atoms with Crippen molar-refractivity contribution in [3.63, 3.8) is 0 Å². The molecule has 0 bridgehead atoms. The molecule has 0 aliphatic rings. The van der Waals surface area contributed by atoms with Crippen LogP contribution in [0.15, 0.2) is 30.5 Å². The second-order valence-corrected chi connectivity index (χ2v) is 4.32. The molecular formula is C12H12ClN3O3. The van der Waals surface area contributed by atoms with Crippen LogP contribution in [0.2, 0.25) is 5.02 Å². The van der Waals surface area contributed by atoms with Crippen LogP contribution in [-0.2, 0) is 13.5 Å². The van der Waals surface area contributed by atoms with E-state index in [4.69, 9.17) is 16.3 Å². The number of aryl methyl sites for hydroxylation is 1. The van der Waals surface area contributed by atoms with Gasteiger partial charge in [0.05, 0.1) is 22.6 Å². The maximum atomic E-state index is 10.7. The van der Waals surface area contributed by atoms with Gasteiger partial charge in [-0.25, -0.2) is 0 Å². The van der Waals surface area contributed by atoms with Crippen LogP contribution in [0, 0.1) is 10.1 Å². The Balaban J connectivity index is 2.01. The predicted molar refractivity (Wildman–Crippen MR) is 70.5 cm³/mol. The summed E-state index contributed by atoms with van der Waals surface area (Å²) in [7, 11) is 1.84. The Hall–Kier alpha value is -2.08. The molecule has 0 saturated heterocycles. The molecule has 0 atom stereocenters. The van der Waals surface area contributed by atoms with Gasteiger partial charge in [-0.3, -0.25) is 14.8 Å². The smallest absolute Gasteiger partial charge is 0.273 e. The van der Waals surface area contributed by atoms with E-state index in [0.717, 1.165) is 5.69 Å². The third kappa shape index (κ3) is 3.23. The van der Waals surface area contributed by atoms with Crippen LogP contribution in [0.5, 0.6) is 5.75 Å². The fraction of sp³-hybridized carbons (Fsp3) is 0.250. The van der Waals surface area contributed by atoms with E-state index in [2.05, 4.69) is 5.10 Å². The van der Waals surface area contributed by atoms with Gasteiger partial charge < -0.3 is 4.74 Å². The zero-order valence-electron chi connectivity index (χ0n) is 10.2. The molecule has 19 heavy (non-hydrogen) atoms. The lowest BCUT2D eigenvalue weighted by Crippen LogP contribution is -2.06. The Morgan fingerprint density at radius 1 is 1.47 bits per heavy atom. The highest BCUT2D eigenvalue weighted by atomic mass is 35.5. The van der Waals surface area contributed by atoms with Gasteiger partial charge in [-0.1, -0.05) is 11.6 Å². The molecule has 6 nitrogen and oxygen atoms in total. The average Bonchev–Trinajstić information content (AvgIpc) is 2.77. The summed E-state index contributed by atoms with van der Waals surface area (Å²) >= 11 is 5.93. The summed E-state index contributed by atoms with van der Waals surface area (Å²) in [6, 6.07) is 6.01. The topological polar surface area (TPSA) is 70.2 Å². The van der Waals surface area contributed by atoms with E-state index in [1.807, 2.05) is 13.1 Å². The normalized spacial score (nSPS) is 10.4. The van der Waals surface area contributed by atoms with E-state index in [0.29, 0.717) is 23.8 Å². The molecule has 0 N–H and O–H groups in total. The summed E-state index contributed by atoms with van der Waals surface area (Å²) in [5.74, 6) is 0.318. The first kappa shape index (κ1) is 13.4. The number of hydrogen-bond donors (Lipinski definition) is 0.